The molecule has 0 bridgehead atoms. The molecule has 0 atom stereocenters. The van der Waals surface area contributed by atoms with Crippen LogP contribution < -0.4 is 16.0 Å². The van der Waals surface area contributed by atoms with E-state index in [9.17, 15) is 9.18 Å². The second-order valence-corrected chi connectivity index (χ2v) is 7.89. The first-order valence-electron chi connectivity index (χ1n) is 9.42. The minimum absolute atomic E-state index is 0.138. The average molecular weight is 378 g/mol. The third kappa shape index (κ3) is 6.73. The van der Waals surface area contributed by atoms with Gasteiger partial charge in [0.05, 0.1) is 0 Å². The number of benzene rings is 1. The molecule has 1 fully saturated rings. The van der Waals surface area contributed by atoms with E-state index in [1.165, 1.54) is 6.07 Å². The molecule has 1 saturated carbocycles. The zero-order valence-electron chi connectivity index (χ0n) is 16.7. The fourth-order valence-electron chi connectivity index (χ4n) is 2.86. The highest BCUT2D eigenvalue weighted by Gasteiger charge is 2.45. The second-order valence-electron chi connectivity index (χ2n) is 7.89. The number of hydrogen-bond donors (Lipinski definition) is 3. The predicted molar refractivity (Wildman–Crippen MR) is 106 cm³/mol. The Morgan fingerprint density at radius 2 is 1.85 bits per heavy atom. The van der Waals surface area contributed by atoms with Gasteiger partial charge in [-0.05, 0) is 51.7 Å². The summed E-state index contributed by atoms with van der Waals surface area (Å²) in [6.45, 7) is 7.30. The van der Waals surface area contributed by atoms with Gasteiger partial charge in [-0.2, -0.15) is 0 Å². The summed E-state index contributed by atoms with van der Waals surface area (Å²) in [5.74, 6) is 0.530. The van der Waals surface area contributed by atoms with Gasteiger partial charge in [-0.15, -0.1) is 0 Å². The van der Waals surface area contributed by atoms with Crippen molar-refractivity contribution in [2.75, 3.05) is 26.7 Å². The van der Waals surface area contributed by atoms with Crippen LogP contribution in [0, 0.1) is 5.82 Å². The largest absolute Gasteiger partial charge is 0.444 e. The topological polar surface area (TPSA) is 74.8 Å². The molecule has 0 aliphatic heterocycles. The maximum Gasteiger partial charge on any atom is 0.407 e. The van der Waals surface area contributed by atoms with Crippen molar-refractivity contribution in [3.8, 4) is 0 Å². The first kappa shape index (κ1) is 21.0. The maximum atomic E-state index is 14.1. The lowest BCUT2D eigenvalue weighted by atomic mass is 9.95. The number of amides is 1. The third-order valence-electron chi connectivity index (χ3n) is 4.43. The Balaban J connectivity index is 1.68. The number of aliphatic imine (C=N–C) groups is 1. The minimum Gasteiger partial charge on any atom is -0.444 e. The van der Waals surface area contributed by atoms with Crippen molar-refractivity contribution < 1.29 is 13.9 Å². The Kier molecular flexibility index (Phi) is 7.05. The molecule has 6 nitrogen and oxygen atoms in total. The lowest BCUT2D eigenvalue weighted by Gasteiger charge is -2.20. The summed E-state index contributed by atoms with van der Waals surface area (Å²) in [4.78, 5) is 15.8. The smallest absolute Gasteiger partial charge is 0.407 e. The van der Waals surface area contributed by atoms with E-state index >= 15 is 0 Å². The van der Waals surface area contributed by atoms with Gasteiger partial charge in [-0.1, -0.05) is 18.2 Å². The number of nitrogens with one attached hydrogen (secondary N) is 3. The Morgan fingerprint density at radius 3 is 2.44 bits per heavy atom. The van der Waals surface area contributed by atoms with Crippen LogP contribution in [0.2, 0.25) is 0 Å². The number of nitrogens with zero attached hydrogens (tertiary/aromatic N) is 1. The van der Waals surface area contributed by atoms with E-state index in [-0.39, 0.29) is 11.2 Å². The standard InChI is InChI=1S/C20H31FN4O2/c1-19(2,3)27-18(26)24-13-7-12-23-17(22-4)25-14-20(10-11-20)15-8-5-6-9-16(15)21/h5-6,8-9H,7,10-14H2,1-4H3,(H,24,26)(H2,22,23,25). The van der Waals surface area contributed by atoms with Gasteiger partial charge in [0.25, 0.3) is 0 Å². The van der Waals surface area contributed by atoms with Crippen molar-refractivity contribution in [2.24, 2.45) is 4.99 Å². The molecular formula is C20H31FN4O2. The van der Waals surface area contributed by atoms with Crippen LogP contribution in [0.1, 0.15) is 45.6 Å². The van der Waals surface area contributed by atoms with Crippen LogP contribution in [0.25, 0.3) is 0 Å². The van der Waals surface area contributed by atoms with Crippen molar-refractivity contribution in [2.45, 2.75) is 51.0 Å². The van der Waals surface area contributed by atoms with Crippen molar-refractivity contribution in [1.29, 1.82) is 0 Å². The fourth-order valence-corrected chi connectivity index (χ4v) is 2.86. The molecule has 2 rings (SSSR count). The number of ether oxygens (including phenoxy) is 1. The second kappa shape index (κ2) is 9.06. The summed E-state index contributed by atoms with van der Waals surface area (Å²) in [6, 6.07) is 6.97. The van der Waals surface area contributed by atoms with Gasteiger partial charge in [-0.3, -0.25) is 4.99 Å². The van der Waals surface area contributed by atoms with E-state index in [4.69, 9.17) is 4.74 Å². The first-order chi connectivity index (χ1) is 12.8. The predicted octanol–water partition coefficient (Wildman–Crippen LogP) is 2.94. The number of halogens is 1. The molecule has 1 aromatic rings. The summed E-state index contributed by atoms with van der Waals surface area (Å²) in [7, 11) is 1.71. The maximum absolute atomic E-state index is 14.1. The zero-order chi connectivity index (χ0) is 19.9. The fraction of sp³-hybridized carbons (Fsp3) is 0.600. The molecule has 7 heteroatoms. The third-order valence-corrected chi connectivity index (χ3v) is 4.43. The van der Waals surface area contributed by atoms with Crippen LogP contribution in [0.5, 0.6) is 0 Å². The molecule has 27 heavy (non-hydrogen) atoms. The van der Waals surface area contributed by atoms with Gasteiger partial charge in [0.1, 0.15) is 11.4 Å². The van der Waals surface area contributed by atoms with Gasteiger partial charge >= 0.3 is 6.09 Å². The van der Waals surface area contributed by atoms with E-state index in [0.29, 0.717) is 25.6 Å². The molecule has 0 saturated heterocycles. The molecule has 0 radical (unpaired) electrons. The first-order valence-corrected chi connectivity index (χ1v) is 9.42. The Bertz CT molecular complexity index is 666. The van der Waals surface area contributed by atoms with E-state index in [0.717, 1.165) is 24.8 Å². The van der Waals surface area contributed by atoms with Crippen LogP contribution in [-0.2, 0) is 10.2 Å². The zero-order valence-corrected chi connectivity index (χ0v) is 16.7. The number of carbonyl (C=O) groups is 1. The molecule has 1 amide bonds. The molecule has 1 aliphatic rings. The number of hydrogen-bond acceptors (Lipinski definition) is 3. The summed E-state index contributed by atoms with van der Waals surface area (Å²) in [6.07, 6.45) is 2.26. The molecule has 0 unspecified atom stereocenters. The normalized spacial score (nSPS) is 15.8. The van der Waals surface area contributed by atoms with Crippen LogP contribution in [0.4, 0.5) is 9.18 Å². The number of carbonyl (C=O) groups excluding carboxylic acids is 1. The monoisotopic (exact) mass is 378 g/mol. The highest BCUT2D eigenvalue weighted by molar-refractivity contribution is 5.79. The Hall–Kier alpha value is -2.31. The van der Waals surface area contributed by atoms with E-state index < -0.39 is 11.7 Å². The van der Waals surface area contributed by atoms with E-state index in [1.54, 1.807) is 13.1 Å². The van der Waals surface area contributed by atoms with Crippen LogP contribution >= 0.6 is 0 Å². The van der Waals surface area contributed by atoms with Gasteiger partial charge in [0, 0.05) is 32.1 Å². The molecule has 0 spiro atoms. The van der Waals surface area contributed by atoms with Gasteiger partial charge < -0.3 is 20.7 Å². The Morgan fingerprint density at radius 1 is 1.19 bits per heavy atom. The summed E-state index contributed by atoms with van der Waals surface area (Å²) in [5.41, 5.74) is 0.140. The summed E-state index contributed by atoms with van der Waals surface area (Å²) >= 11 is 0. The molecule has 0 aromatic heterocycles. The molecule has 150 valence electrons. The number of guanidine groups is 1. The summed E-state index contributed by atoms with van der Waals surface area (Å²) < 4.78 is 19.3. The molecule has 1 aromatic carbocycles. The molecule has 3 N–H and O–H groups in total. The van der Waals surface area contributed by atoms with E-state index in [1.807, 2.05) is 32.9 Å². The SMILES string of the molecule is CN=C(NCCCNC(=O)OC(C)(C)C)NCC1(c2ccccc2F)CC1. The minimum atomic E-state index is -0.495. The van der Waals surface area contributed by atoms with Crippen molar-refractivity contribution in [3.05, 3.63) is 35.6 Å². The summed E-state index contributed by atoms with van der Waals surface area (Å²) in [5, 5.41) is 9.22. The van der Waals surface area contributed by atoms with Crippen molar-refractivity contribution in [1.82, 2.24) is 16.0 Å². The highest BCUT2D eigenvalue weighted by atomic mass is 19.1. The van der Waals surface area contributed by atoms with Gasteiger partial charge in [0.2, 0.25) is 0 Å². The van der Waals surface area contributed by atoms with Crippen LogP contribution in [0.15, 0.2) is 29.3 Å². The number of alkyl carbamates (subject to hydrolysis) is 1. The lowest BCUT2D eigenvalue weighted by molar-refractivity contribution is 0.0527. The quantitative estimate of drug-likeness (QED) is 0.387. The van der Waals surface area contributed by atoms with E-state index in [2.05, 4.69) is 20.9 Å². The molecular weight excluding hydrogens is 347 g/mol. The van der Waals surface area contributed by atoms with Crippen molar-refractivity contribution >= 4 is 12.1 Å². The molecule has 0 heterocycles. The van der Waals surface area contributed by atoms with Gasteiger partial charge in [0.15, 0.2) is 5.96 Å². The average Bonchev–Trinajstić information content (AvgIpc) is 3.37. The number of rotatable bonds is 7. The van der Waals surface area contributed by atoms with Crippen molar-refractivity contribution in [3.63, 3.8) is 0 Å². The highest BCUT2D eigenvalue weighted by Crippen LogP contribution is 2.48. The lowest BCUT2D eigenvalue weighted by Crippen LogP contribution is -2.42. The van der Waals surface area contributed by atoms with Crippen LogP contribution in [0.3, 0.4) is 0 Å². The Labute approximate surface area is 161 Å². The molecule has 1 aliphatic carbocycles. The van der Waals surface area contributed by atoms with Gasteiger partial charge in [-0.25, -0.2) is 9.18 Å². The van der Waals surface area contributed by atoms with Crippen LogP contribution in [-0.4, -0.2) is 44.3 Å².